The minimum absolute atomic E-state index is 0.00120. The van der Waals surface area contributed by atoms with Crippen LogP contribution in [0.1, 0.15) is 24.2 Å². The predicted molar refractivity (Wildman–Crippen MR) is 75.1 cm³/mol. The molecule has 0 spiro atoms. The first-order valence-corrected chi connectivity index (χ1v) is 6.56. The highest BCUT2D eigenvalue weighted by Gasteiger charge is 2.14. The maximum atomic E-state index is 13.3. The Hall–Kier alpha value is -2.01. The quantitative estimate of drug-likeness (QED) is 0.880. The molecule has 0 fully saturated rings. The van der Waals surface area contributed by atoms with E-state index in [0.29, 0.717) is 12.3 Å². The van der Waals surface area contributed by atoms with Crippen molar-refractivity contribution in [3.8, 4) is 5.88 Å². The fourth-order valence-electron chi connectivity index (χ4n) is 2.08. The van der Waals surface area contributed by atoms with Gasteiger partial charge in [-0.25, -0.2) is 14.4 Å². The Morgan fingerprint density at radius 1 is 1.30 bits per heavy atom. The molecule has 0 aliphatic heterocycles. The summed E-state index contributed by atoms with van der Waals surface area (Å²) in [5.41, 5.74) is 1.76. The highest BCUT2D eigenvalue weighted by Crippen LogP contribution is 2.19. The van der Waals surface area contributed by atoms with Crippen LogP contribution in [0.15, 0.2) is 36.7 Å². The molecule has 0 saturated carbocycles. The molecule has 4 nitrogen and oxygen atoms in total. The first-order valence-electron chi connectivity index (χ1n) is 6.56. The third kappa shape index (κ3) is 3.74. The van der Waals surface area contributed by atoms with Crippen LogP contribution in [0.25, 0.3) is 0 Å². The lowest BCUT2D eigenvalue weighted by atomic mass is 10.0. The molecule has 1 atom stereocenters. The minimum Gasteiger partial charge on any atom is -0.481 e. The number of hydrogen-bond donors (Lipinski definition) is 1. The van der Waals surface area contributed by atoms with Crippen LogP contribution in [0.3, 0.4) is 0 Å². The molecule has 0 saturated heterocycles. The highest BCUT2D eigenvalue weighted by atomic mass is 19.1. The van der Waals surface area contributed by atoms with Gasteiger partial charge in [-0.05, 0) is 30.7 Å². The summed E-state index contributed by atoms with van der Waals surface area (Å²) in [6.07, 6.45) is 2.13. The first-order chi connectivity index (χ1) is 9.72. The van der Waals surface area contributed by atoms with Gasteiger partial charge in [0.15, 0.2) is 0 Å². The van der Waals surface area contributed by atoms with Crippen LogP contribution in [0.4, 0.5) is 4.39 Å². The lowest BCUT2D eigenvalue weighted by Crippen LogP contribution is -2.24. The van der Waals surface area contributed by atoms with E-state index in [4.69, 9.17) is 4.74 Å². The molecule has 0 radical (unpaired) electrons. The molecule has 1 N–H and O–H groups in total. The maximum Gasteiger partial charge on any atom is 0.216 e. The highest BCUT2D eigenvalue weighted by molar-refractivity contribution is 5.22. The number of benzene rings is 1. The van der Waals surface area contributed by atoms with Crippen molar-refractivity contribution in [3.63, 3.8) is 0 Å². The van der Waals surface area contributed by atoms with E-state index in [1.54, 1.807) is 25.3 Å². The van der Waals surface area contributed by atoms with Crippen molar-refractivity contribution in [1.29, 1.82) is 0 Å². The average Bonchev–Trinajstić information content (AvgIpc) is 2.47. The number of halogens is 1. The summed E-state index contributed by atoms with van der Waals surface area (Å²) in [7, 11) is 1.57. The monoisotopic (exact) mass is 275 g/mol. The van der Waals surface area contributed by atoms with E-state index in [1.165, 1.54) is 12.4 Å². The molecular formula is C15H18FN3O. The lowest BCUT2D eigenvalue weighted by Gasteiger charge is -2.17. The van der Waals surface area contributed by atoms with Crippen molar-refractivity contribution < 1.29 is 9.13 Å². The van der Waals surface area contributed by atoms with Crippen LogP contribution >= 0.6 is 0 Å². The SMILES string of the molecule is CCNC(Cc1cccc(F)c1)c1cc(OC)ncn1. The van der Waals surface area contributed by atoms with Gasteiger partial charge in [0.2, 0.25) is 5.88 Å². The first kappa shape index (κ1) is 14.4. The Morgan fingerprint density at radius 3 is 2.85 bits per heavy atom. The molecule has 2 aromatic rings. The second kappa shape index (κ2) is 6.96. The van der Waals surface area contributed by atoms with E-state index in [2.05, 4.69) is 15.3 Å². The molecule has 0 amide bonds. The van der Waals surface area contributed by atoms with Gasteiger partial charge in [0, 0.05) is 6.07 Å². The molecule has 0 aliphatic carbocycles. The fourth-order valence-corrected chi connectivity index (χ4v) is 2.08. The van der Waals surface area contributed by atoms with Crippen LogP contribution in [0, 0.1) is 5.82 Å². The zero-order chi connectivity index (χ0) is 14.4. The van der Waals surface area contributed by atoms with Crippen molar-refractivity contribution in [3.05, 3.63) is 53.7 Å². The number of nitrogens with zero attached hydrogens (tertiary/aromatic N) is 2. The smallest absolute Gasteiger partial charge is 0.216 e. The van der Waals surface area contributed by atoms with E-state index >= 15 is 0 Å². The second-order valence-corrected chi connectivity index (χ2v) is 4.43. The van der Waals surface area contributed by atoms with Gasteiger partial charge in [-0.2, -0.15) is 0 Å². The van der Waals surface area contributed by atoms with E-state index in [9.17, 15) is 4.39 Å². The van der Waals surface area contributed by atoms with Gasteiger partial charge in [-0.1, -0.05) is 19.1 Å². The minimum atomic E-state index is -0.224. The zero-order valence-corrected chi connectivity index (χ0v) is 11.6. The summed E-state index contributed by atoms with van der Waals surface area (Å²) in [6, 6.07) is 8.41. The Morgan fingerprint density at radius 2 is 2.15 bits per heavy atom. The van der Waals surface area contributed by atoms with Gasteiger partial charge in [-0.3, -0.25) is 0 Å². The molecule has 5 heteroatoms. The number of likely N-dealkylation sites (N-methyl/N-ethyl adjacent to an activating group) is 1. The van der Waals surface area contributed by atoms with E-state index in [-0.39, 0.29) is 11.9 Å². The van der Waals surface area contributed by atoms with Crippen molar-refractivity contribution in [2.45, 2.75) is 19.4 Å². The van der Waals surface area contributed by atoms with Crippen LogP contribution < -0.4 is 10.1 Å². The summed E-state index contributed by atoms with van der Waals surface area (Å²) in [5, 5.41) is 3.35. The third-order valence-electron chi connectivity index (χ3n) is 3.01. The topological polar surface area (TPSA) is 47.0 Å². The largest absolute Gasteiger partial charge is 0.481 e. The van der Waals surface area contributed by atoms with Gasteiger partial charge in [0.25, 0.3) is 0 Å². The van der Waals surface area contributed by atoms with Gasteiger partial charge >= 0.3 is 0 Å². The van der Waals surface area contributed by atoms with Crippen molar-refractivity contribution >= 4 is 0 Å². The summed E-state index contributed by atoms with van der Waals surface area (Å²) in [6.45, 7) is 2.82. The van der Waals surface area contributed by atoms with Crippen molar-refractivity contribution in [1.82, 2.24) is 15.3 Å². The molecule has 1 unspecified atom stereocenters. The van der Waals surface area contributed by atoms with E-state index in [0.717, 1.165) is 17.8 Å². The Bertz CT molecular complexity index is 562. The average molecular weight is 275 g/mol. The number of rotatable bonds is 6. The molecule has 20 heavy (non-hydrogen) atoms. The van der Waals surface area contributed by atoms with Crippen LogP contribution in [-0.2, 0) is 6.42 Å². The molecule has 2 rings (SSSR count). The van der Waals surface area contributed by atoms with E-state index in [1.807, 2.05) is 13.0 Å². The third-order valence-corrected chi connectivity index (χ3v) is 3.01. The summed E-state index contributed by atoms with van der Waals surface area (Å²) < 4.78 is 18.4. The lowest BCUT2D eigenvalue weighted by molar-refractivity contribution is 0.393. The fraction of sp³-hybridized carbons (Fsp3) is 0.333. The van der Waals surface area contributed by atoms with Gasteiger partial charge in [0.1, 0.15) is 12.1 Å². The van der Waals surface area contributed by atoms with E-state index < -0.39 is 0 Å². The van der Waals surface area contributed by atoms with Crippen molar-refractivity contribution in [2.75, 3.05) is 13.7 Å². The van der Waals surface area contributed by atoms with Gasteiger partial charge in [0.05, 0.1) is 18.8 Å². The van der Waals surface area contributed by atoms with Crippen LogP contribution in [0.5, 0.6) is 5.88 Å². The molecular weight excluding hydrogens is 257 g/mol. The molecule has 0 bridgehead atoms. The van der Waals surface area contributed by atoms with Crippen molar-refractivity contribution in [2.24, 2.45) is 0 Å². The Kier molecular flexibility index (Phi) is 5.01. The standard InChI is InChI=1S/C15H18FN3O/c1-3-17-13(8-11-5-4-6-12(16)7-11)14-9-15(20-2)19-10-18-14/h4-7,9-10,13,17H,3,8H2,1-2H3. The Labute approximate surface area is 118 Å². The summed E-state index contributed by atoms with van der Waals surface area (Å²) in [4.78, 5) is 8.28. The molecule has 1 heterocycles. The van der Waals surface area contributed by atoms with Gasteiger partial charge < -0.3 is 10.1 Å². The zero-order valence-electron chi connectivity index (χ0n) is 11.6. The Balaban J connectivity index is 2.21. The molecule has 106 valence electrons. The predicted octanol–water partition coefficient (Wildman–Crippen LogP) is 2.52. The molecule has 1 aromatic carbocycles. The number of aromatic nitrogens is 2. The number of hydrogen-bond acceptors (Lipinski definition) is 4. The normalized spacial score (nSPS) is 12.2. The number of ether oxygens (including phenoxy) is 1. The number of methoxy groups -OCH3 is 1. The maximum absolute atomic E-state index is 13.3. The molecule has 0 aliphatic rings. The second-order valence-electron chi connectivity index (χ2n) is 4.43. The van der Waals surface area contributed by atoms with Crippen LogP contribution in [-0.4, -0.2) is 23.6 Å². The number of nitrogens with one attached hydrogen (secondary N) is 1. The van der Waals surface area contributed by atoms with Gasteiger partial charge in [-0.15, -0.1) is 0 Å². The summed E-state index contributed by atoms with van der Waals surface area (Å²) in [5.74, 6) is 0.301. The van der Waals surface area contributed by atoms with Crippen LogP contribution in [0.2, 0.25) is 0 Å². The summed E-state index contributed by atoms with van der Waals surface area (Å²) >= 11 is 0. The molecule has 1 aromatic heterocycles.